The molecule has 4 aromatic heterocycles. The van der Waals surface area contributed by atoms with Crippen molar-refractivity contribution in [2.75, 3.05) is 0 Å². The van der Waals surface area contributed by atoms with Gasteiger partial charge in [0, 0.05) is 22.0 Å². The molecule has 2 aromatic carbocycles. The number of pyridine rings is 4. The zero-order valence-corrected chi connectivity index (χ0v) is 24.5. The van der Waals surface area contributed by atoms with E-state index in [0.717, 1.165) is 56.7 Å². The fraction of sp³-hybridized carbons (Fsp3) is 0.158. The van der Waals surface area contributed by atoms with Gasteiger partial charge in [0.15, 0.2) is 0 Å². The maximum absolute atomic E-state index is 5.13. The molecule has 42 heavy (non-hydrogen) atoms. The zero-order chi connectivity index (χ0) is 29.2. The maximum Gasteiger partial charge on any atom is 0.0889 e. The van der Waals surface area contributed by atoms with E-state index in [1.165, 1.54) is 0 Å². The van der Waals surface area contributed by atoms with E-state index in [9.17, 15) is 0 Å². The van der Waals surface area contributed by atoms with Crippen LogP contribution in [0.3, 0.4) is 0 Å². The Morgan fingerprint density at radius 3 is 0.929 bits per heavy atom. The highest BCUT2D eigenvalue weighted by atomic mass is 14.8. The Kier molecular flexibility index (Phi) is 7.22. The first-order valence-electron chi connectivity index (χ1n) is 14.3. The number of nitrogens with zero attached hydrogens (tertiary/aromatic N) is 4. The van der Waals surface area contributed by atoms with E-state index in [0.29, 0.717) is 0 Å². The third-order valence-electron chi connectivity index (χ3n) is 7.96. The highest BCUT2D eigenvalue weighted by molar-refractivity contribution is 5.61. The summed E-state index contributed by atoms with van der Waals surface area (Å²) in [6.45, 7) is 8.70. The van der Waals surface area contributed by atoms with Crippen LogP contribution in [0.4, 0.5) is 0 Å². The predicted octanol–water partition coefficient (Wildman–Crippen LogP) is 8.92. The molecule has 0 unspecified atom stereocenters. The van der Waals surface area contributed by atoms with Gasteiger partial charge in [0.05, 0.1) is 45.6 Å². The summed E-state index contributed by atoms with van der Waals surface area (Å²) < 4.78 is 0. The zero-order valence-electron chi connectivity index (χ0n) is 24.5. The second kappa shape index (κ2) is 11.1. The van der Waals surface area contributed by atoms with Gasteiger partial charge in [-0.1, -0.05) is 84.9 Å². The van der Waals surface area contributed by atoms with Gasteiger partial charge in [0.2, 0.25) is 0 Å². The Morgan fingerprint density at radius 2 is 0.595 bits per heavy atom. The Hall–Kier alpha value is -4.96. The van der Waals surface area contributed by atoms with Crippen molar-refractivity contribution in [3.63, 3.8) is 0 Å². The van der Waals surface area contributed by atoms with Crippen molar-refractivity contribution in [2.45, 2.75) is 38.5 Å². The first-order valence-corrected chi connectivity index (χ1v) is 14.3. The summed E-state index contributed by atoms with van der Waals surface area (Å²) in [5.74, 6) is 0. The van der Waals surface area contributed by atoms with Gasteiger partial charge < -0.3 is 0 Å². The van der Waals surface area contributed by atoms with Gasteiger partial charge in [-0.2, -0.15) is 0 Å². The van der Waals surface area contributed by atoms with E-state index in [4.69, 9.17) is 19.9 Å². The van der Waals surface area contributed by atoms with E-state index in [1.807, 2.05) is 48.5 Å². The van der Waals surface area contributed by atoms with Gasteiger partial charge in [0.25, 0.3) is 0 Å². The minimum atomic E-state index is -0.403. The number of benzene rings is 2. The van der Waals surface area contributed by atoms with Crippen LogP contribution in [-0.4, -0.2) is 19.9 Å². The minimum Gasteiger partial charge on any atom is -0.252 e. The molecule has 4 heterocycles. The summed E-state index contributed by atoms with van der Waals surface area (Å²) in [5, 5.41) is 0. The third kappa shape index (κ3) is 5.36. The second-order valence-electron chi connectivity index (χ2n) is 11.6. The van der Waals surface area contributed by atoms with E-state index in [2.05, 4.69) is 113 Å². The van der Waals surface area contributed by atoms with Crippen molar-refractivity contribution in [2.24, 2.45) is 0 Å². The molecule has 4 nitrogen and oxygen atoms in total. The van der Waals surface area contributed by atoms with Crippen molar-refractivity contribution in [1.29, 1.82) is 0 Å². The normalized spacial score (nSPS) is 11.8. The van der Waals surface area contributed by atoms with E-state index in [1.54, 1.807) is 0 Å². The smallest absolute Gasteiger partial charge is 0.0889 e. The van der Waals surface area contributed by atoms with Gasteiger partial charge in [0.1, 0.15) is 0 Å². The van der Waals surface area contributed by atoms with Crippen LogP contribution in [0.2, 0.25) is 0 Å². The standard InChI is InChI=1S/C38H34N4/c1-37(2,33-23-11-19-29(39-33)27-15-7-5-8-16-27)35-25-13-21-31(41-35)32-22-14-26-36(42-32)38(3,4)34-24-12-20-30(40-34)28-17-9-6-10-18-28/h5-26H,1-4H3. The van der Waals surface area contributed by atoms with Crippen LogP contribution in [-0.2, 0) is 10.8 Å². The molecule has 0 bridgehead atoms. The van der Waals surface area contributed by atoms with Gasteiger partial charge in [-0.05, 0) is 76.2 Å². The lowest BCUT2D eigenvalue weighted by molar-refractivity contribution is 0.593. The molecule has 0 aliphatic carbocycles. The molecule has 0 aliphatic rings. The van der Waals surface area contributed by atoms with Crippen LogP contribution < -0.4 is 0 Å². The molecular weight excluding hydrogens is 512 g/mol. The number of aromatic nitrogens is 4. The van der Waals surface area contributed by atoms with Crippen LogP contribution >= 0.6 is 0 Å². The SMILES string of the molecule is CC(C)(c1cccc(-c2ccccc2)n1)c1cccc(-c2cccc(C(C)(C)c3cccc(-c4ccccc4)n3)n2)n1. The highest BCUT2D eigenvalue weighted by Gasteiger charge is 2.29. The summed E-state index contributed by atoms with van der Waals surface area (Å²) in [5.41, 5.74) is 8.82. The molecule has 206 valence electrons. The van der Waals surface area contributed by atoms with Crippen molar-refractivity contribution < 1.29 is 0 Å². The fourth-order valence-corrected chi connectivity index (χ4v) is 5.22. The molecule has 6 aromatic rings. The highest BCUT2D eigenvalue weighted by Crippen LogP contribution is 2.34. The molecule has 0 atom stereocenters. The monoisotopic (exact) mass is 546 g/mol. The van der Waals surface area contributed by atoms with Crippen LogP contribution in [0.1, 0.15) is 50.5 Å². The summed E-state index contributed by atoms with van der Waals surface area (Å²) in [7, 11) is 0. The lowest BCUT2D eigenvalue weighted by atomic mass is 9.84. The van der Waals surface area contributed by atoms with Crippen LogP contribution in [0, 0.1) is 0 Å². The Morgan fingerprint density at radius 1 is 0.310 bits per heavy atom. The average molecular weight is 547 g/mol. The van der Waals surface area contributed by atoms with Crippen LogP contribution in [0.5, 0.6) is 0 Å². The van der Waals surface area contributed by atoms with Crippen molar-refractivity contribution in [3.05, 3.63) is 156 Å². The topological polar surface area (TPSA) is 51.6 Å². The Labute approximate surface area is 248 Å². The molecular formula is C38H34N4. The molecule has 4 heteroatoms. The fourth-order valence-electron chi connectivity index (χ4n) is 5.22. The maximum atomic E-state index is 5.13. The lowest BCUT2D eigenvalue weighted by Crippen LogP contribution is -2.23. The second-order valence-corrected chi connectivity index (χ2v) is 11.6. The van der Waals surface area contributed by atoms with Gasteiger partial charge >= 0.3 is 0 Å². The van der Waals surface area contributed by atoms with E-state index in [-0.39, 0.29) is 0 Å². The van der Waals surface area contributed by atoms with Gasteiger partial charge in [-0.3, -0.25) is 19.9 Å². The summed E-state index contributed by atoms with van der Waals surface area (Å²) in [4.78, 5) is 20.3. The summed E-state index contributed by atoms with van der Waals surface area (Å²) in [6.07, 6.45) is 0. The quantitative estimate of drug-likeness (QED) is 0.201. The number of hydrogen-bond acceptors (Lipinski definition) is 4. The molecule has 0 amide bonds. The number of hydrogen-bond donors (Lipinski definition) is 0. The largest absolute Gasteiger partial charge is 0.252 e. The van der Waals surface area contributed by atoms with Crippen LogP contribution in [0.15, 0.2) is 133 Å². The van der Waals surface area contributed by atoms with Crippen molar-refractivity contribution >= 4 is 0 Å². The molecule has 0 fully saturated rings. The van der Waals surface area contributed by atoms with Crippen molar-refractivity contribution in [3.8, 4) is 33.9 Å². The molecule has 0 aliphatic heterocycles. The molecule has 0 spiro atoms. The third-order valence-corrected chi connectivity index (χ3v) is 7.96. The summed E-state index contributed by atoms with van der Waals surface area (Å²) in [6, 6.07) is 45.3. The van der Waals surface area contributed by atoms with Crippen LogP contribution in [0.25, 0.3) is 33.9 Å². The predicted molar refractivity (Wildman–Crippen MR) is 171 cm³/mol. The molecule has 0 radical (unpaired) electrons. The molecule has 0 N–H and O–H groups in total. The minimum absolute atomic E-state index is 0.403. The van der Waals surface area contributed by atoms with E-state index >= 15 is 0 Å². The first kappa shape index (κ1) is 27.2. The Balaban J connectivity index is 1.32. The Bertz CT molecular complexity index is 1690. The van der Waals surface area contributed by atoms with Gasteiger partial charge in [-0.15, -0.1) is 0 Å². The lowest BCUT2D eigenvalue weighted by Gasteiger charge is -2.26. The number of rotatable bonds is 7. The van der Waals surface area contributed by atoms with Gasteiger partial charge in [-0.25, -0.2) is 0 Å². The average Bonchev–Trinajstić information content (AvgIpc) is 3.06. The first-order chi connectivity index (χ1) is 20.3. The van der Waals surface area contributed by atoms with E-state index < -0.39 is 10.8 Å². The molecule has 0 saturated carbocycles. The van der Waals surface area contributed by atoms with Crippen molar-refractivity contribution in [1.82, 2.24) is 19.9 Å². The molecule has 0 saturated heterocycles. The molecule has 6 rings (SSSR count). The summed E-state index contributed by atoms with van der Waals surface area (Å²) >= 11 is 0.